The Morgan fingerprint density at radius 3 is 2.46 bits per heavy atom. The highest BCUT2D eigenvalue weighted by molar-refractivity contribution is 6.04. The van der Waals surface area contributed by atoms with Gasteiger partial charge in [0.25, 0.3) is 5.91 Å². The van der Waals surface area contributed by atoms with Crippen molar-refractivity contribution in [3.05, 3.63) is 102 Å². The highest BCUT2D eigenvalue weighted by Crippen LogP contribution is 2.36. The summed E-state index contributed by atoms with van der Waals surface area (Å²) in [7, 11) is 3.09. The van der Waals surface area contributed by atoms with Gasteiger partial charge in [0.2, 0.25) is 0 Å². The Morgan fingerprint density at radius 2 is 1.80 bits per heavy atom. The van der Waals surface area contributed by atoms with Crippen LogP contribution in [0.4, 0.5) is 10.5 Å². The largest absolute Gasteiger partial charge is 0.497 e. The predicted molar refractivity (Wildman–Crippen MR) is 156 cm³/mol. The minimum atomic E-state index is -0.753. The van der Waals surface area contributed by atoms with E-state index in [1.54, 1.807) is 18.1 Å². The van der Waals surface area contributed by atoms with Crippen molar-refractivity contribution < 1.29 is 33.6 Å². The van der Waals surface area contributed by atoms with Crippen molar-refractivity contribution in [3.63, 3.8) is 0 Å². The molecule has 2 N–H and O–H groups in total. The van der Waals surface area contributed by atoms with Gasteiger partial charge in [0, 0.05) is 12.6 Å². The number of rotatable bonds is 11. The van der Waals surface area contributed by atoms with Gasteiger partial charge in [-0.05, 0) is 41.3 Å². The van der Waals surface area contributed by atoms with Crippen molar-refractivity contribution in [2.75, 3.05) is 39.3 Å². The molecular weight excluding hydrogens is 524 g/mol. The second kappa shape index (κ2) is 14.0. The summed E-state index contributed by atoms with van der Waals surface area (Å²) in [6.07, 6.45) is 3.11. The monoisotopic (exact) mass is 558 g/mol. The molecule has 0 aliphatic carbocycles. The molecule has 0 saturated carbocycles. The van der Waals surface area contributed by atoms with Crippen LogP contribution in [0.5, 0.6) is 17.2 Å². The summed E-state index contributed by atoms with van der Waals surface area (Å²) in [6, 6.07) is 19.8. The van der Waals surface area contributed by atoms with Crippen molar-refractivity contribution in [2.24, 2.45) is 0 Å². The summed E-state index contributed by atoms with van der Waals surface area (Å²) in [6.45, 7) is 3.83. The molecule has 9 heteroatoms. The van der Waals surface area contributed by atoms with E-state index in [2.05, 4.69) is 11.9 Å². The zero-order chi connectivity index (χ0) is 29.2. The maximum Gasteiger partial charge on any atom is 0.411 e. The van der Waals surface area contributed by atoms with Gasteiger partial charge in [-0.1, -0.05) is 61.2 Å². The minimum Gasteiger partial charge on any atom is -0.497 e. The molecule has 214 valence electrons. The lowest BCUT2D eigenvalue weighted by Crippen LogP contribution is -2.45. The number of amides is 2. The van der Waals surface area contributed by atoms with E-state index in [4.69, 9.17) is 18.9 Å². The molecule has 1 heterocycles. The Morgan fingerprint density at radius 1 is 1.05 bits per heavy atom. The van der Waals surface area contributed by atoms with Gasteiger partial charge in [-0.15, -0.1) is 0 Å². The molecule has 0 unspecified atom stereocenters. The molecule has 0 bridgehead atoms. The van der Waals surface area contributed by atoms with E-state index in [9.17, 15) is 14.7 Å². The Bertz CT molecular complexity index is 1390. The standard InChI is InChI=1S/C32H34N2O7/c1-4-16-40-32(37)33-28-19-30(41-21-22-8-6-5-7-9-22)29(39-3)18-27(28)31(36)34-15-14-24(17-25(34)20-35)23-10-12-26(38-2)13-11-23/h4-14,18-19,25,35H,1,15-17,20-21H2,2-3H3,(H,33,37)/t25-/m0/s1. The summed E-state index contributed by atoms with van der Waals surface area (Å²) >= 11 is 0. The third kappa shape index (κ3) is 7.26. The topological polar surface area (TPSA) is 107 Å². The Labute approximate surface area is 239 Å². The van der Waals surface area contributed by atoms with Gasteiger partial charge in [0.15, 0.2) is 11.5 Å². The van der Waals surface area contributed by atoms with Gasteiger partial charge < -0.3 is 29.0 Å². The lowest BCUT2D eigenvalue weighted by Gasteiger charge is -2.35. The SMILES string of the molecule is C=CCOC(=O)Nc1cc(OCc2ccccc2)c(OC)cc1C(=O)N1CC=C(c2ccc(OC)cc2)C[C@H]1CO. The van der Waals surface area contributed by atoms with Crippen LogP contribution < -0.4 is 19.5 Å². The molecule has 3 aromatic carbocycles. The van der Waals surface area contributed by atoms with E-state index in [1.807, 2.05) is 60.7 Å². The zero-order valence-corrected chi connectivity index (χ0v) is 23.2. The number of carbonyl (C=O) groups is 2. The maximum atomic E-state index is 13.9. The number of methoxy groups -OCH3 is 2. The third-order valence-corrected chi connectivity index (χ3v) is 6.70. The first-order valence-corrected chi connectivity index (χ1v) is 13.2. The molecule has 0 fully saturated rings. The van der Waals surface area contributed by atoms with E-state index in [-0.39, 0.29) is 43.5 Å². The minimum absolute atomic E-state index is 0.000273. The Balaban J connectivity index is 1.64. The number of carbonyl (C=O) groups excluding carboxylic acids is 2. The normalized spacial score (nSPS) is 14.5. The van der Waals surface area contributed by atoms with E-state index in [0.717, 1.165) is 22.4 Å². The molecule has 1 aliphatic heterocycles. The quantitative estimate of drug-likeness (QED) is 0.307. The van der Waals surface area contributed by atoms with Crippen LogP contribution in [0.1, 0.15) is 27.9 Å². The van der Waals surface area contributed by atoms with E-state index in [0.29, 0.717) is 17.9 Å². The fourth-order valence-electron chi connectivity index (χ4n) is 4.54. The summed E-state index contributed by atoms with van der Waals surface area (Å²) in [5.41, 5.74) is 3.31. The average molecular weight is 559 g/mol. The molecule has 0 radical (unpaired) electrons. The predicted octanol–water partition coefficient (Wildman–Crippen LogP) is 5.31. The average Bonchev–Trinajstić information content (AvgIpc) is 3.02. The van der Waals surface area contributed by atoms with Crippen LogP contribution in [0.2, 0.25) is 0 Å². The van der Waals surface area contributed by atoms with Gasteiger partial charge >= 0.3 is 6.09 Å². The first-order valence-electron chi connectivity index (χ1n) is 13.2. The molecule has 0 saturated heterocycles. The van der Waals surface area contributed by atoms with Gasteiger partial charge in [0.1, 0.15) is 19.0 Å². The Hall–Kier alpha value is -4.76. The second-order valence-electron chi connectivity index (χ2n) is 9.29. The number of benzene rings is 3. The van der Waals surface area contributed by atoms with E-state index >= 15 is 0 Å². The summed E-state index contributed by atoms with van der Waals surface area (Å²) in [5.74, 6) is 1.02. The molecule has 41 heavy (non-hydrogen) atoms. The zero-order valence-electron chi connectivity index (χ0n) is 23.2. The fourth-order valence-corrected chi connectivity index (χ4v) is 4.54. The van der Waals surface area contributed by atoms with Gasteiger partial charge in [-0.25, -0.2) is 4.79 Å². The van der Waals surface area contributed by atoms with Gasteiger partial charge in [-0.2, -0.15) is 0 Å². The van der Waals surface area contributed by atoms with Crippen LogP contribution >= 0.6 is 0 Å². The molecule has 2 amide bonds. The fraction of sp³-hybridized carbons (Fsp3) is 0.250. The van der Waals surface area contributed by atoms with Crippen LogP contribution in [0.25, 0.3) is 5.57 Å². The van der Waals surface area contributed by atoms with Crippen LogP contribution in [-0.4, -0.2) is 62.0 Å². The van der Waals surface area contributed by atoms with Crippen LogP contribution in [0.3, 0.4) is 0 Å². The second-order valence-corrected chi connectivity index (χ2v) is 9.29. The summed E-state index contributed by atoms with van der Waals surface area (Å²) < 4.78 is 21.9. The van der Waals surface area contributed by atoms with Crippen molar-refractivity contribution in [1.82, 2.24) is 4.90 Å². The smallest absolute Gasteiger partial charge is 0.411 e. The number of aliphatic hydroxyl groups excluding tert-OH is 1. The number of hydrogen-bond acceptors (Lipinski definition) is 7. The first-order chi connectivity index (χ1) is 20.0. The van der Waals surface area contributed by atoms with Gasteiger partial charge in [-0.3, -0.25) is 10.1 Å². The lowest BCUT2D eigenvalue weighted by molar-refractivity contribution is 0.0619. The van der Waals surface area contributed by atoms with Crippen molar-refractivity contribution in [1.29, 1.82) is 0 Å². The molecule has 9 nitrogen and oxygen atoms in total. The molecule has 0 aromatic heterocycles. The van der Waals surface area contributed by atoms with E-state index in [1.165, 1.54) is 19.3 Å². The molecule has 0 spiro atoms. The number of nitrogens with one attached hydrogen (secondary N) is 1. The summed E-state index contributed by atoms with van der Waals surface area (Å²) in [4.78, 5) is 28.0. The number of hydrogen-bond donors (Lipinski definition) is 2. The van der Waals surface area contributed by atoms with Crippen LogP contribution in [0, 0.1) is 0 Å². The number of aliphatic hydroxyl groups is 1. The van der Waals surface area contributed by atoms with Crippen molar-refractivity contribution in [2.45, 2.75) is 19.1 Å². The first kappa shape index (κ1) is 29.2. The van der Waals surface area contributed by atoms with E-state index < -0.39 is 12.1 Å². The summed E-state index contributed by atoms with van der Waals surface area (Å²) in [5, 5.41) is 12.9. The maximum absolute atomic E-state index is 13.9. The lowest BCUT2D eigenvalue weighted by atomic mass is 9.93. The highest BCUT2D eigenvalue weighted by Gasteiger charge is 2.31. The van der Waals surface area contributed by atoms with Gasteiger partial charge in [0.05, 0.1) is 38.1 Å². The van der Waals surface area contributed by atoms with Crippen LogP contribution in [0.15, 0.2) is 85.5 Å². The third-order valence-electron chi connectivity index (χ3n) is 6.70. The van der Waals surface area contributed by atoms with Crippen LogP contribution in [-0.2, 0) is 11.3 Å². The highest BCUT2D eigenvalue weighted by atomic mass is 16.5. The molecule has 1 aliphatic rings. The Kier molecular flexibility index (Phi) is 10.0. The molecule has 4 rings (SSSR count). The van der Waals surface area contributed by atoms with Crippen molar-refractivity contribution in [3.8, 4) is 17.2 Å². The molecular formula is C32H34N2O7. The number of anilines is 1. The molecule has 3 aromatic rings. The number of nitrogens with zero attached hydrogens (tertiary/aromatic N) is 1. The number of ether oxygens (including phenoxy) is 4. The molecule has 1 atom stereocenters. The van der Waals surface area contributed by atoms with Crippen molar-refractivity contribution >= 4 is 23.3 Å².